The van der Waals surface area contributed by atoms with Gasteiger partial charge in [0.25, 0.3) is 5.91 Å². The summed E-state index contributed by atoms with van der Waals surface area (Å²) in [5.41, 5.74) is 1.87. The molecule has 1 aromatic carbocycles. The van der Waals surface area contributed by atoms with Crippen LogP contribution in [0, 0.1) is 5.92 Å². The van der Waals surface area contributed by atoms with Crippen molar-refractivity contribution in [3.8, 4) is 0 Å². The summed E-state index contributed by atoms with van der Waals surface area (Å²) < 4.78 is 28.4. The summed E-state index contributed by atoms with van der Waals surface area (Å²) in [6.45, 7) is 0. The fourth-order valence-corrected chi connectivity index (χ4v) is 4.62. The first-order chi connectivity index (χ1) is 10.9. The number of hydrogen-bond donors (Lipinski definition) is 1. The normalized spacial score (nSPS) is 16.6. The summed E-state index contributed by atoms with van der Waals surface area (Å²) >= 11 is 0. The number of aromatic nitrogens is 2. The summed E-state index contributed by atoms with van der Waals surface area (Å²) in [5, 5.41) is 0. The number of nitrogens with one attached hydrogen (secondary N) is 1. The van der Waals surface area contributed by atoms with Crippen LogP contribution in [0.5, 0.6) is 0 Å². The first-order valence-electron chi connectivity index (χ1n) is 7.90. The van der Waals surface area contributed by atoms with Crippen molar-refractivity contribution >= 4 is 27.0 Å². The number of sulfonamides is 1. The third-order valence-corrected chi connectivity index (χ3v) is 5.82. The number of benzene rings is 1. The van der Waals surface area contributed by atoms with Crippen LogP contribution in [-0.2, 0) is 17.1 Å². The van der Waals surface area contributed by atoms with Gasteiger partial charge < -0.3 is 4.57 Å². The number of imidazole rings is 1. The molecule has 23 heavy (non-hydrogen) atoms. The highest BCUT2D eigenvalue weighted by Gasteiger charge is 2.23. The monoisotopic (exact) mass is 335 g/mol. The molecule has 0 aliphatic heterocycles. The molecular weight excluding hydrogens is 314 g/mol. The second-order valence-corrected chi connectivity index (χ2v) is 8.04. The van der Waals surface area contributed by atoms with Crippen LogP contribution < -0.4 is 4.72 Å². The third-order valence-electron chi connectivity index (χ3n) is 4.42. The Balaban J connectivity index is 1.71. The van der Waals surface area contributed by atoms with Crippen LogP contribution >= 0.6 is 0 Å². The van der Waals surface area contributed by atoms with Crippen LogP contribution in [0.15, 0.2) is 24.5 Å². The van der Waals surface area contributed by atoms with Gasteiger partial charge in [0.15, 0.2) is 0 Å². The predicted molar refractivity (Wildman–Crippen MR) is 88.5 cm³/mol. The van der Waals surface area contributed by atoms with E-state index in [2.05, 4.69) is 9.71 Å². The Morgan fingerprint density at radius 3 is 2.78 bits per heavy atom. The van der Waals surface area contributed by atoms with Gasteiger partial charge in [-0.1, -0.05) is 19.3 Å². The molecule has 0 unspecified atom stereocenters. The molecule has 6 nitrogen and oxygen atoms in total. The number of fused-ring (bicyclic) bond motifs is 1. The maximum atomic E-state index is 12.2. The number of aryl methyl sites for hydroxylation is 1. The highest BCUT2D eigenvalue weighted by molar-refractivity contribution is 7.90. The summed E-state index contributed by atoms with van der Waals surface area (Å²) in [6, 6.07) is 5.00. The van der Waals surface area contributed by atoms with Crippen molar-refractivity contribution in [1.29, 1.82) is 0 Å². The van der Waals surface area contributed by atoms with Gasteiger partial charge in [0.05, 0.1) is 23.1 Å². The van der Waals surface area contributed by atoms with E-state index < -0.39 is 15.9 Å². The molecule has 1 saturated carbocycles. The van der Waals surface area contributed by atoms with Crippen molar-refractivity contribution in [2.45, 2.75) is 32.1 Å². The molecule has 0 saturated heterocycles. The number of nitrogens with zero attached hydrogens (tertiary/aromatic N) is 2. The molecule has 0 radical (unpaired) electrons. The maximum absolute atomic E-state index is 12.2. The molecule has 2 aromatic rings. The molecule has 0 spiro atoms. The summed E-state index contributed by atoms with van der Waals surface area (Å²) in [4.78, 5) is 16.4. The van der Waals surface area contributed by atoms with E-state index in [1.165, 1.54) is 6.42 Å². The summed E-state index contributed by atoms with van der Waals surface area (Å²) in [6.07, 6.45) is 6.83. The second kappa shape index (κ2) is 6.31. The molecule has 1 aliphatic carbocycles. The van der Waals surface area contributed by atoms with E-state index in [0.29, 0.717) is 11.1 Å². The SMILES string of the molecule is Cn1cnc2cc(C(=O)NS(=O)(=O)CC3CCCCC3)ccc21. The Kier molecular flexibility index (Phi) is 4.39. The van der Waals surface area contributed by atoms with E-state index in [1.54, 1.807) is 24.5 Å². The Morgan fingerprint density at radius 2 is 2.04 bits per heavy atom. The average Bonchev–Trinajstić information content (AvgIpc) is 2.88. The van der Waals surface area contributed by atoms with Gasteiger partial charge in [0.1, 0.15) is 0 Å². The van der Waals surface area contributed by atoms with Crippen LogP contribution in [0.1, 0.15) is 42.5 Å². The topological polar surface area (TPSA) is 81.1 Å². The van der Waals surface area contributed by atoms with E-state index in [-0.39, 0.29) is 11.7 Å². The lowest BCUT2D eigenvalue weighted by Crippen LogP contribution is -2.35. The largest absolute Gasteiger partial charge is 0.334 e. The fourth-order valence-electron chi connectivity index (χ4n) is 3.18. The minimum Gasteiger partial charge on any atom is -0.334 e. The zero-order valence-electron chi connectivity index (χ0n) is 13.2. The highest BCUT2D eigenvalue weighted by atomic mass is 32.2. The molecule has 1 N–H and O–H groups in total. The van der Waals surface area contributed by atoms with Crippen LogP contribution in [0.2, 0.25) is 0 Å². The molecule has 1 fully saturated rings. The van der Waals surface area contributed by atoms with Crippen molar-refractivity contribution < 1.29 is 13.2 Å². The highest BCUT2D eigenvalue weighted by Crippen LogP contribution is 2.24. The van der Waals surface area contributed by atoms with Crippen molar-refractivity contribution in [3.05, 3.63) is 30.1 Å². The second-order valence-electron chi connectivity index (χ2n) is 6.28. The van der Waals surface area contributed by atoms with E-state index in [4.69, 9.17) is 0 Å². The number of amides is 1. The van der Waals surface area contributed by atoms with Crippen molar-refractivity contribution in [2.75, 3.05) is 5.75 Å². The minimum absolute atomic E-state index is 0.0323. The first kappa shape index (κ1) is 16.0. The lowest BCUT2D eigenvalue weighted by Gasteiger charge is -2.21. The molecule has 0 atom stereocenters. The van der Waals surface area contributed by atoms with Crippen molar-refractivity contribution in [1.82, 2.24) is 14.3 Å². The number of carbonyl (C=O) groups excluding carboxylic acids is 1. The molecule has 124 valence electrons. The Bertz CT molecular complexity index is 820. The van der Waals surface area contributed by atoms with Crippen LogP contribution in [0.25, 0.3) is 11.0 Å². The van der Waals surface area contributed by atoms with Gasteiger partial charge in [-0.05, 0) is 37.0 Å². The molecular formula is C16H21N3O3S. The van der Waals surface area contributed by atoms with Crippen molar-refractivity contribution in [3.63, 3.8) is 0 Å². The van der Waals surface area contributed by atoms with E-state index >= 15 is 0 Å². The lowest BCUT2D eigenvalue weighted by molar-refractivity contribution is 0.0981. The Morgan fingerprint density at radius 1 is 1.30 bits per heavy atom. The van der Waals surface area contributed by atoms with E-state index in [9.17, 15) is 13.2 Å². The first-order valence-corrected chi connectivity index (χ1v) is 9.56. The average molecular weight is 335 g/mol. The maximum Gasteiger partial charge on any atom is 0.264 e. The van der Waals surface area contributed by atoms with Gasteiger partial charge >= 0.3 is 0 Å². The number of rotatable bonds is 4. The molecule has 0 bridgehead atoms. The molecule has 7 heteroatoms. The molecule has 3 rings (SSSR count). The molecule has 1 aliphatic rings. The minimum atomic E-state index is -3.60. The van der Waals surface area contributed by atoms with Crippen LogP contribution in [-0.4, -0.2) is 29.6 Å². The van der Waals surface area contributed by atoms with Gasteiger partial charge in [-0.25, -0.2) is 18.1 Å². The van der Waals surface area contributed by atoms with Gasteiger partial charge in [0.2, 0.25) is 10.0 Å². The van der Waals surface area contributed by atoms with Gasteiger partial charge in [-0.15, -0.1) is 0 Å². The predicted octanol–water partition coefficient (Wildman–Crippen LogP) is 2.21. The summed E-state index contributed by atoms with van der Waals surface area (Å²) in [5.74, 6) is -0.398. The quantitative estimate of drug-likeness (QED) is 0.929. The summed E-state index contributed by atoms with van der Waals surface area (Å²) in [7, 11) is -1.74. The molecule has 1 amide bonds. The zero-order valence-corrected chi connectivity index (χ0v) is 14.0. The molecule has 1 heterocycles. The van der Waals surface area contributed by atoms with Crippen molar-refractivity contribution in [2.24, 2.45) is 13.0 Å². The van der Waals surface area contributed by atoms with E-state index in [1.807, 2.05) is 11.6 Å². The van der Waals surface area contributed by atoms with Gasteiger partial charge in [-0.3, -0.25) is 4.79 Å². The van der Waals surface area contributed by atoms with E-state index in [0.717, 1.165) is 31.2 Å². The van der Waals surface area contributed by atoms with Crippen LogP contribution in [0.4, 0.5) is 0 Å². The Labute approximate surface area is 136 Å². The Hall–Kier alpha value is -1.89. The lowest BCUT2D eigenvalue weighted by atomic mass is 9.91. The van der Waals surface area contributed by atoms with Gasteiger partial charge in [-0.2, -0.15) is 0 Å². The van der Waals surface area contributed by atoms with Crippen LogP contribution in [0.3, 0.4) is 0 Å². The number of hydrogen-bond acceptors (Lipinski definition) is 4. The fraction of sp³-hybridized carbons (Fsp3) is 0.500. The molecule has 1 aromatic heterocycles. The number of carbonyl (C=O) groups is 1. The van der Waals surface area contributed by atoms with Gasteiger partial charge in [0, 0.05) is 12.6 Å². The standard InChI is InChI=1S/C16H21N3O3S/c1-19-11-17-14-9-13(7-8-15(14)19)16(20)18-23(21,22)10-12-5-3-2-4-6-12/h7-9,11-12H,2-6,10H2,1H3,(H,18,20). The smallest absolute Gasteiger partial charge is 0.264 e. The third kappa shape index (κ3) is 3.72. The zero-order chi connectivity index (χ0) is 16.4.